The molecule has 232 valence electrons. The van der Waals surface area contributed by atoms with Crippen LogP contribution >= 0.6 is 0 Å². The van der Waals surface area contributed by atoms with Crippen molar-refractivity contribution < 1.29 is 0 Å². The highest BCUT2D eigenvalue weighted by molar-refractivity contribution is 6.36. The van der Waals surface area contributed by atoms with Gasteiger partial charge in [0, 0.05) is 38.2 Å². The second-order valence-corrected chi connectivity index (χ2v) is 13.0. The van der Waals surface area contributed by atoms with Crippen LogP contribution in [0.4, 0.5) is 0 Å². The summed E-state index contributed by atoms with van der Waals surface area (Å²) in [6.45, 7) is 0. The van der Waals surface area contributed by atoms with Gasteiger partial charge in [-0.1, -0.05) is 140 Å². The Morgan fingerprint density at radius 3 is 1.56 bits per heavy atom. The molecule has 0 saturated heterocycles. The number of hydrogen-bond donors (Lipinski definition) is 0. The van der Waals surface area contributed by atoms with E-state index in [2.05, 4.69) is 179 Å². The Bertz CT molecular complexity index is 3140. The maximum Gasteiger partial charge on any atom is 0.235 e. The molecule has 0 fully saturated rings. The van der Waals surface area contributed by atoms with Gasteiger partial charge < -0.3 is 4.57 Å². The lowest BCUT2D eigenvalue weighted by molar-refractivity contribution is 1.01. The van der Waals surface area contributed by atoms with Gasteiger partial charge in [-0.05, 0) is 51.9 Å². The predicted molar refractivity (Wildman–Crippen MR) is 209 cm³/mol. The number of aromatic nitrogens is 4. The van der Waals surface area contributed by atoms with Crippen LogP contribution in [0.25, 0.3) is 99.0 Å². The second kappa shape index (κ2) is 10.4. The van der Waals surface area contributed by atoms with Crippen LogP contribution < -0.4 is 0 Å². The third kappa shape index (κ3) is 3.70. The number of rotatable bonds is 3. The molecular formula is C46H28N4. The van der Waals surface area contributed by atoms with Gasteiger partial charge in [-0.3, -0.25) is 4.57 Å². The molecule has 11 aromatic rings. The number of nitrogens with zero attached hydrogens (tertiary/aromatic N) is 4. The van der Waals surface area contributed by atoms with E-state index < -0.39 is 0 Å². The van der Waals surface area contributed by atoms with Crippen molar-refractivity contribution in [3.63, 3.8) is 0 Å². The minimum atomic E-state index is 0.652. The predicted octanol–water partition coefficient (Wildman–Crippen LogP) is 11.8. The molecule has 0 radical (unpaired) electrons. The highest BCUT2D eigenvalue weighted by Crippen LogP contribution is 2.46. The topological polar surface area (TPSA) is 35.6 Å². The molecule has 3 heterocycles. The van der Waals surface area contributed by atoms with Gasteiger partial charge in [-0.15, -0.1) is 0 Å². The zero-order valence-electron chi connectivity index (χ0n) is 27.0. The number of para-hydroxylation sites is 3. The van der Waals surface area contributed by atoms with Crippen LogP contribution in [0, 0.1) is 0 Å². The number of hydrogen-bond acceptors (Lipinski definition) is 2. The molecule has 0 spiro atoms. The summed E-state index contributed by atoms with van der Waals surface area (Å²) in [7, 11) is 0. The maximum absolute atomic E-state index is 5.55. The number of fused-ring (bicyclic) bond motifs is 13. The molecular weight excluding hydrogens is 609 g/mol. The fourth-order valence-corrected chi connectivity index (χ4v) is 8.24. The molecule has 0 aliphatic heterocycles. The fraction of sp³-hybridized carbons (Fsp3) is 0. The zero-order chi connectivity index (χ0) is 32.8. The van der Waals surface area contributed by atoms with Crippen LogP contribution in [0.1, 0.15) is 0 Å². The standard InChI is InChI=1S/C46H28N4/c1-3-16-30(17-4-1)43-42-32-20-8-7-15-29(32)27-28-37(42)47-46(48-43)50-39-26-14-12-24-36(39)41-34-22-10-9-21-33(34)40-35-23-11-13-25-38(35)49(44(40)45(41)50)31-18-5-2-6-19-31/h1-28H. The second-order valence-electron chi connectivity index (χ2n) is 13.0. The molecule has 0 aliphatic carbocycles. The first-order valence-corrected chi connectivity index (χ1v) is 17.0. The molecule has 4 heteroatoms. The van der Waals surface area contributed by atoms with Crippen molar-refractivity contribution in [3.8, 4) is 22.9 Å². The lowest BCUT2D eigenvalue weighted by Crippen LogP contribution is -2.05. The SMILES string of the molecule is c1ccc(-c2nc(-n3c4ccccc4c4c5ccccc5c5c6ccccc6n(-c6ccccc6)c5c43)nc3ccc4ccccc4c23)cc1. The molecule has 0 saturated carbocycles. The molecule has 0 unspecified atom stereocenters. The molecule has 0 N–H and O–H groups in total. The summed E-state index contributed by atoms with van der Waals surface area (Å²) in [6.07, 6.45) is 0. The Hall–Kier alpha value is -6.78. The normalized spacial score (nSPS) is 12.0. The van der Waals surface area contributed by atoms with E-state index >= 15 is 0 Å². The van der Waals surface area contributed by atoms with Crippen molar-refractivity contribution >= 4 is 76.1 Å². The van der Waals surface area contributed by atoms with Crippen LogP contribution in [-0.4, -0.2) is 19.1 Å². The van der Waals surface area contributed by atoms with Crippen LogP contribution in [0.3, 0.4) is 0 Å². The lowest BCUT2D eigenvalue weighted by Gasteiger charge is -2.15. The molecule has 3 aromatic heterocycles. The lowest BCUT2D eigenvalue weighted by atomic mass is 9.98. The smallest absolute Gasteiger partial charge is 0.235 e. The van der Waals surface area contributed by atoms with Crippen LogP contribution in [0.15, 0.2) is 170 Å². The Balaban J connectivity index is 1.41. The molecule has 0 bridgehead atoms. The average molecular weight is 637 g/mol. The zero-order valence-corrected chi connectivity index (χ0v) is 27.0. The Morgan fingerprint density at radius 2 is 0.880 bits per heavy atom. The molecule has 4 nitrogen and oxygen atoms in total. The fourth-order valence-electron chi connectivity index (χ4n) is 8.24. The van der Waals surface area contributed by atoms with E-state index in [-0.39, 0.29) is 0 Å². The quantitative estimate of drug-likeness (QED) is 0.181. The van der Waals surface area contributed by atoms with E-state index in [9.17, 15) is 0 Å². The first-order chi connectivity index (χ1) is 24.8. The van der Waals surface area contributed by atoms with Crippen molar-refractivity contribution in [2.75, 3.05) is 0 Å². The minimum absolute atomic E-state index is 0.652. The Labute approximate surface area is 287 Å². The van der Waals surface area contributed by atoms with E-state index in [1.165, 1.54) is 43.2 Å². The van der Waals surface area contributed by atoms with Crippen molar-refractivity contribution in [2.45, 2.75) is 0 Å². The average Bonchev–Trinajstić information content (AvgIpc) is 3.72. The monoisotopic (exact) mass is 636 g/mol. The van der Waals surface area contributed by atoms with Gasteiger partial charge >= 0.3 is 0 Å². The van der Waals surface area contributed by atoms with E-state index in [4.69, 9.17) is 9.97 Å². The first kappa shape index (κ1) is 27.2. The van der Waals surface area contributed by atoms with E-state index in [0.29, 0.717) is 5.95 Å². The summed E-state index contributed by atoms with van der Waals surface area (Å²) >= 11 is 0. The van der Waals surface area contributed by atoms with E-state index in [1.807, 2.05) is 0 Å². The first-order valence-electron chi connectivity index (χ1n) is 17.0. The van der Waals surface area contributed by atoms with Gasteiger partial charge in [0.15, 0.2) is 0 Å². The summed E-state index contributed by atoms with van der Waals surface area (Å²) in [6, 6.07) is 60.4. The Morgan fingerprint density at radius 1 is 0.360 bits per heavy atom. The van der Waals surface area contributed by atoms with Gasteiger partial charge in [0.1, 0.15) is 0 Å². The van der Waals surface area contributed by atoms with Crippen molar-refractivity contribution in [3.05, 3.63) is 170 Å². The molecule has 0 atom stereocenters. The molecule has 11 rings (SSSR count). The highest BCUT2D eigenvalue weighted by atomic mass is 15.2. The Kier molecular flexibility index (Phi) is 5.63. The van der Waals surface area contributed by atoms with Crippen molar-refractivity contribution in [2.24, 2.45) is 0 Å². The van der Waals surface area contributed by atoms with Gasteiger partial charge in [0.05, 0.1) is 33.3 Å². The van der Waals surface area contributed by atoms with Crippen molar-refractivity contribution in [1.29, 1.82) is 0 Å². The van der Waals surface area contributed by atoms with Gasteiger partial charge in [-0.25, -0.2) is 9.97 Å². The molecule has 50 heavy (non-hydrogen) atoms. The van der Waals surface area contributed by atoms with Crippen LogP contribution in [0.5, 0.6) is 0 Å². The minimum Gasteiger partial charge on any atom is -0.307 e. The summed E-state index contributed by atoms with van der Waals surface area (Å²) in [5, 5.41) is 10.7. The van der Waals surface area contributed by atoms with Crippen LogP contribution in [-0.2, 0) is 0 Å². The third-order valence-electron chi connectivity index (χ3n) is 10.3. The maximum atomic E-state index is 5.55. The molecule has 8 aromatic carbocycles. The van der Waals surface area contributed by atoms with Crippen LogP contribution in [0.2, 0.25) is 0 Å². The third-order valence-corrected chi connectivity index (χ3v) is 10.3. The highest BCUT2D eigenvalue weighted by Gasteiger charge is 2.26. The summed E-state index contributed by atoms with van der Waals surface area (Å²) in [5.74, 6) is 0.652. The summed E-state index contributed by atoms with van der Waals surface area (Å²) in [4.78, 5) is 11.0. The summed E-state index contributed by atoms with van der Waals surface area (Å²) < 4.78 is 4.75. The van der Waals surface area contributed by atoms with Crippen molar-refractivity contribution in [1.82, 2.24) is 19.1 Å². The van der Waals surface area contributed by atoms with E-state index in [1.54, 1.807) is 0 Å². The molecule has 0 aliphatic rings. The van der Waals surface area contributed by atoms with Gasteiger partial charge in [0.25, 0.3) is 0 Å². The summed E-state index contributed by atoms with van der Waals surface area (Å²) in [5.41, 5.74) is 8.50. The largest absolute Gasteiger partial charge is 0.307 e. The van der Waals surface area contributed by atoms with Gasteiger partial charge in [0.2, 0.25) is 5.95 Å². The molecule has 0 amide bonds. The number of benzene rings is 8. The van der Waals surface area contributed by atoms with Gasteiger partial charge in [-0.2, -0.15) is 0 Å². The van der Waals surface area contributed by atoms with E-state index in [0.717, 1.165) is 49.8 Å².